The molecule has 0 aliphatic carbocycles. The van der Waals surface area contributed by atoms with Crippen molar-refractivity contribution in [3.05, 3.63) is 65.6 Å². The molecule has 0 atom stereocenters. The second-order valence-corrected chi connectivity index (χ2v) is 7.09. The van der Waals surface area contributed by atoms with Crippen molar-refractivity contribution in [3.63, 3.8) is 0 Å². The molecule has 2 aromatic carbocycles. The number of hydrogen-bond acceptors (Lipinski definition) is 8. The van der Waals surface area contributed by atoms with Gasteiger partial charge >= 0.3 is 0 Å². The van der Waals surface area contributed by atoms with Crippen LogP contribution in [0.15, 0.2) is 59.1 Å². The van der Waals surface area contributed by atoms with Gasteiger partial charge in [0.05, 0.1) is 24.1 Å². The molecular weight excluding hydrogens is 380 g/mol. The maximum absolute atomic E-state index is 6.18. The number of ether oxygens (including phenoxy) is 2. The van der Waals surface area contributed by atoms with E-state index < -0.39 is 0 Å². The van der Waals surface area contributed by atoms with E-state index in [-0.39, 0.29) is 0 Å². The van der Waals surface area contributed by atoms with Crippen molar-refractivity contribution in [1.29, 1.82) is 0 Å². The summed E-state index contributed by atoms with van der Waals surface area (Å²) in [6, 6.07) is 13.8. The van der Waals surface area contributed by atoms with Gasteiger partial charge in [-0.3, -0.25) is 5.01 Å². The van der Waals surface area contributed by atoms with E-state index in [4.69, 9.17) is 9.47 Å². The zero-order valence-electron chi connectivity index (χ0n) is 17.5. The molecule has 0 fully saturated rings. The van der Waals surface area contributed by atoms with E-state index in [0.717, 1.165) is 45.4 Å². The Morgan fingerprint density at radius 2 is 1.90 bits per heavy atom. The van der Waals surface area contributed by atoms with Crippen molar-refractivity contribution in [2.24, 2.45) is 10.4 Å². The van der Waals surface area contributed by atoms with Gasteiger partial charge in [-0.1, -0.05) is 11.3 Å². The molecule has 8 heteroatoms. The average Bonchev–Trinajstić information content (AvgIpc) is 3.18. The second-order valence-electron chi connectivity index (χ2n) is 7.09. The topological polar surface area (TPSA) is 75.4 Å². The molecule has 3 aromatic rings. The Morgan fingerprint density at radius 3 is 2.60 bits per heavy atom. The molecule has 0 saturated heterocycles. The van der Waals surface area contributed by atoms with Gasteiger partial charge in [0.1, 0.15) is 30.6 Å². The molecule has 0 bridgehead atoms. The highest BCUT2D eigenvalue weighted by Gasteiger charge is 2.20. The first-order chi connectivity index (χ1) is 14.5. The van der Waals surface area contributed by atoms with Crippen LogP contribution in [0.4, 0.5) is 5.69 Å². The molecule has 0 N–H and O–H groups in total. The standard InChI is InChI=1S/C22H24N6O2/c1-15-12-17(19-10-11-23-16(2)24-19)8-9-21(15)30-13-18-20(6-5-7-22(18)29-4)28-14-27(3)25-26-28/h5-12H,13-14H2,1-4H3. The van der Waals surface area contributed by atoms with Crippen molar-refractivity contribution in [2.75, 3.05) is 25.8 Å². The van der Waals surface area contributed by atoms with Gasteiger partial charge in [0, 0.05) is 18.8 Å². The highest BCUT2D eigenvalue weighted by atomic mass is 16.5. The predicted octanol–water partition coefficient (Wildman–Crippen LogP) is 4.34. The van der Waals surface area contributed by atoms with Crippen LogP contribution in [0.25, 0.3) is 11.3 Å². The molecule has 8 nitrogen and oxygen atoms in total. The quantitative estimate of drug-likeness (QED) is 0.608. The van der Waals surface area contributed by atoms with E-state index in [1.807, 2.05) is 62.3 Å². The van der Waals surface area contributed by atoms with E-state index >= 15 is 0 Å². The van der Waals surface area contributed by atoms with Crippen LogP contribution in [0.5, 0.6) is 11.5 Å². The lowest BCUT2D eigenvalue weighted by molar-refractivity contribution is 0.295. The van der Waals surface area contributed by atoms with Crippen LogP contribution in [-0.4, -0.2) is 35.8 Å². The third kappa shape index (κ3) is 4.03. The molecule has 0 amide bonds. The van der Waals surface area contributed by atoms with Gasteiger partial charge in [-0.05, 0) is 61.0 Å². The van der Waals surface area contributed by atoms with Gasteiger partial charge in [0.25, 0.3) is 0 Å². The molecule has 1 aliphatic heterocycles. The van der Waals surface area contributed by atoms with Crippen molar-refractivity contribution in [2.45, 2.75) is 20.5 Å². The first kappa shape index (κ1) is 19.6. The molecule has 1 aliphatic rings. The average molecular weight is 404 g/mol. The summed E-state index contributed by atoms with van der Waals surface area (Å²) in [5.41, 5.74) is 4.79. The lowest BCUT2D eigenvalue weighted by Crippen LogP contribution is -2.23. The minimum atomic E-state index is 0.349. The molecule has 0 spiro atoms. The van der Waals surface area contributed by atoms with E-state index in [1.54, 1.807) is 18.3 Å². The van der Waals surface area contributed by atoms with Crippen LogP contribution in [0.1, 0.15) is 17.0 Å². The van der Waals surface area contributed by atoms with Crippen LogP contribution in [-0.2, 0) is 6.61 Å². The minimum absolute atomic E-state index is 0.349. The molecule has 2 heterocycles. The molecule has 0 radical (unpaired) electrons. The van der Waals surface area contributed by atoms with E-state index in [2.05, 4.69) is 26.5 Å². The van der Waals surface area contributed by atoms with E-state index in [9.17, 15) is 0 Å². The molecule has 30 heavy (non-hydrogen) atoms. The number of rotatable bonds is 6. The monoisotopic (exact) mass is 404 g/mol. The molecule has 4 rings (SSSR count). The highest BCUT2D eigenvalue weighted by molar-refractivity contribution is 5.62. The third-order valence-electron chi connectivity index (χ3n) is 4.86. The van der Waals surface area contributed by atoms with Crippen LogP contribution >= 0.6 is 0 Å². The number of anilines is 1. The van der Waals surface area contributed by atoms with Gasteiger partial charge in [0.15, 0.2) is 0 Å². The Hall–Kier alpha value is -3.68. The second kappa shape index (κ2) is 8.36. The lowest BCUT2D eigenvalue weighted by Gasteiger charge is -2.20. The number of hydrogen-bond donors (Lipinski definition) is 0. The summed E-state index contributed by atoms with van der Waals surface area (Å²) in [6.45, 7) is 4.84. The Morgan fingerprint density at radius 1 is 1.03 bits per heavy atom. The summed E-state index contributed by atoms with van der Waals surface area (Å²) >= 11 is 0. The van der Waals surface area contributed by atoms with Crippen molar-refractivity contribution in [1.82, 2.24) is 15.0 Å². The first-order valence-electron chi connectivity index (χ1n) is 9.65. The molecule has 1 aromatic heterocycles. The summed E-state index contributed by atoms with van der Waals surface area (Å²) in [6.07, 6.45) is 1.77. The maximum Gasteiger partial charge on any atom is 0.132 e. The lowest BCUT2D eigenvalue weighted by atomic mass is 10.1. The number of aryl methyl sites for hydroxylation is 2. The maximum atomic E-state index is 6.18. The van der Waals surface area contributed by atoms with E-state index in [1.165, 1.54) is 0 Å². The number of benzene rings is 2. The van der Waals surface area contributed by atoms with Crippen molar-refractivity contribution in [3.8, 4) is 22.8 Å². The highest BCUT2D eigenvalue weighted by Crippen LogP contribution is 2.33. The fourth-order valence-electron chi connectivity index (χ4n) is 3.36. The number of nitrogens with zero attached hydrogens (tertiary/aromatic N) is 6. The number of methoxy groups -OCH3 is 1. The molecule has 154 valence electrons. The van der Waals surface area contributed by atoms with Crippen LogP contribution in [0.3, 0.4) is 0 Å². The van der Waals surface area contributed by atoms with Crippen LogP contribution < -0.4 is 14.5 Å². The zero-order valence-corrected chi connectivity index (χ0v) is 17.5. The fraction of sp³-hybridized carbons (Fsp3) is 0.273. The Labute approximate surface area is 175 Å². The molecule has 0 unspecified atom stereocenters. The summed E-state index contributed by atoms with van der Waals surface area (Å²) in [7, 11) is 3.54. The van der Waals surface area contributed by atoms with Gasteiger partial charge in [0.2, 0.25) is 0 Å². The van der Waals surface area contributed by atoms with E-state index in [0.29, 0.717) is 13.3 Å². The van der Waals surface area contributed by atoms with Gasteiger partial charge in [-0.25, -0.2) is 15.0 Å². The zero-order chi connectivity index (χ0) is 21.1. The summed E-state index contributed by atoms with van der Waals surface area (Å²) in [5.74, 6) is 2.31. The minimum Gasteiger partial charge on any atom is -0.496 e. The fourth-order valence-corrected chi connectivity index (χ4v) is 3.36. The Balaban J connectivity index is 1.57. The molecular formula is C22H24N6O2. The van der Waals surface area contributed by atoms with Gasteiger partial charge < -0.3 is 9.47 Å². The first-order valence-corrected chi connectivity index (χ1v) is 9.65. The Kier molecular flexibility index (Phi) is 5.47. The summed E-state index contributed by atoms with van der Waals surface area (Å²) in [4.78, 5) is 8.66. The SMILES string of the molecule is COc1cccc(N2CN(C)N=N2)c1COc1ccc(-c2ccnc(C)n2)cc1C. The van der Waals surface area contributed by atoms with Gasteiger partial charge in [-0.2, -0.15) is 0 Å². The van der Waals surface area contributed by atoms with Crippen LogP contribution in [0.2, 0.25) is 0 Å². The predicted molar refractivity (Wildman–Crippen MR) is 114 cm³/mol. The van der Waals surface area contributed by atoms with Gasteiger partial charge in [-0.15, -0.1) is 0 Å². The summed E-state index contributed by atoms with van der Waals surface area (Å²) < 4.78 is 11.8. The normalized spacial score (nSPS) is 13.1. The number of aromatic nitrogens is 2. The van der Waals surface area contributed by atoms with Crippen molar-refractivity contribution >= 4 is 5.69 Å². The largest absolute Gasteiger partial charge is 0.496 e. The van der Waals surface area contributed by atoms with Crippen LogP contribution in [0, 0.1) is 13.8 Å². The molecule has 0 saturated carbocycles. The third-order valence-corrected chi connectivity index (χ3v) is 4.86. The smallest absolute Gasteiger partial charge is 0.132 e. The summed E-state index contributed by atoms with van der Waals surface area (Å²) in [5, 5.41) is 11.9. The van der Waals surface area contributed by atoms with Crippen molar-refractivity contribution < 1.29 is 9.47 Å². The Bertz CT molecular complexity index is 1080.